The fourth-order valence-corrected chi connectivity index (χ4v) is 15.8. The van der Waals surface area contributed by atoms with Gasteiger partial charge in [0, 0.05) is 77.9 Å². The van der Waals surface area contributed by atoms with Crippen molar-refractivity contribution in [2.45, 2.75) is 78.6 Å². The first-order valence-electron chi connectivity index (χ1n) is 34.5. The molecule has 6 nitrogen and oxygen atoms in total. The smallest absolute Gasteiger partial charge is 0.252 e. The maximum atomic E-state index is 10.4. The second kappa shape index (κ2) is 22.9. The standard InChI is InChI=1S/C92H73BN6/c1-90(2,3)64-48-71(60-26-14-10-15-27-60)88(72(49-64)61-28-16-11-17-29-61)98-83-54-67(96-79-36-24-22-34-69(79)75-46-58(56-94)38-44-81(75)96)40-42-77(83)93-78-43-41-68(97-80-37-25-23-35-70(80)76-47-59(57-95)39-45-82(76)97)55-84(78)99(86-53-66(92(7,8)9)52-85(98)87(86)93)89-73(62-30-18-12-19-31-62)50-65(91(4,5)6)51-74(89)63-32-20-13-21-33-63/h10-55H,1-9H3. The van der Waals surface area contributed by atoms with E-state index < -0.39 is 0 Å². The zero-order chi connectivity index (χ0) is 67.8. The van der Waals surface area contributed by atoms with Gasteiger partial charge in [0.15, 0.2) is 0 Å². The maximum Gasteiger partial charge on any atom is 0.252 e. The summed E-state index contributed by atoms with van der Waals surface area (Å²) in [5.74, 6) is 0. The summed E-state index contributed by atoms with van der Waals surface area (Å²) in [4.78, 5) is 5.35. The molecule has 7 heteroatoms. The molecule has 0 aliphatic carbocycles. The molecule has 474 valence electrons. The second-order valence-corrected chi connectivity index (χ2v) is 30.0. The molecule has 15 aromatic rings. The van der Waals surface area contributed by atoms with Crippen LogP contribution in [-0.2, 0) is 16.2 Å². The lowest BCUT2D eigenvalue weighted by Gasteiger charge is -2.47. The molecule has 0 bridgehead atoms. The van der Waals surface area contributed by atoms with Crippen LogP contribution in [0.15, 0.2) is 279 Å². The quantitative estimate of drug-likeness (QED) is 0.142. The minimum Gasteiger partial charge on any atom is -0.310 e. The summed E-state index contributed by atoms with van der Waals surface area (Å²) < 4.78 is 4.81. The van der Waals surface area contributed by atoms with E-state index in [1.54, 1.807) is 0 Å². The first-order chi connectivity index (χ1) is 47.9. The number of benzene rings is 13. The molecule has 99 heavy (non-hydrogen) atoms. The fourth-order valence-electron chi connectivity index (χ4n) is 15.8. The van der Waals surface area contributed by atoms with E-state index in [4.69, 9.17) is 0 Å². The molecular weight excluding hydrogens is 1200 g/mol. The van der Waals surface area contributed by atoms with Gasteiger partial charge in [-0.2, -0.15) is 10.5 Å². The van der Waals surface area contributed by atoms with Crippen LogP contribution in [0, 0.1) is 22.7 Å². The molecule has 0 radical (unpaired) electrons. The topological polar surface area (TPSA) is 63.9 Å². The first-order valence-corrected chi connectivity index (χ1v) is 34.5. The van der Waals surface area contributed by atoms with E-state index in [0.29, 0.717) is 11.1 Å². The van der Waals surface area contributed by atoms with Crippen molar-refractivity contribution in [3.05, 3.63) is 307 Å². The monoisotopic (exact) mass is 1270 g/mol. The Labute approximate surface area is 580 Å². The van der Waals surface area contributed by atoms with Crippen LogP contribution in [0.25, 0.3) is 99.5 Å². The van der Waals surface area contributed by atoms with Crippen molar-refractivity contribution >= 4 is 101 Å². The number of nitrogens with zero attached hydrogens (tertiary/aromatic N) is 6. The average molecular weight is 1270 g/mol. The maximum absolute atomic E-state index is 10.4. The molecule has 0 fully saturated rings. The Morgan fingerprint density at radius 3 is 0.939 bits per heavy atom. The highest BCUT2D eigenvalue weighted by atomic mass is 15.2. The van der Waals surface area contributed by atoms with E-state index in [-0.39, 0.29) is 23.0 Å². The zero-order valence-electron chi connectivity index (χ0n) is 57.3. The van der Waals surface area contributed by atoms with Gasteiger partial charge in [0.25, 0.3) is 6.71 Å². The normalized spacial score (nSPS) is 12.8. The lowest BCUT2D eigenvalue weighted by atomic mass is 9.33. The Morgan fingerprint density at radius 1 is 0.293 bits per heavy atom. The summed E-state index contributed by atoms with van der Waals surface area (Å²) in [6.07, 6.45) is 0. The number of hydrogen-bond acceptors (Lipinski definition) is 4. The highest BCUT2D eigenvalue weighted by molar-refractivity contribution is 7.00. The number of nitriles is 2. The molecule has 0 unspecified atom stereocenters. The minimum atomic E-state index is -0.361. The summed E-state index contributed by atoms with van der Waals surface area (Å²) in [5, 5.41) is 25.0. The molecular formula is C92H73BN6. The number of rotatable bonds is 8. The third-order valence-electron chi connectivity index (χ3n) is 20.8. The van der Waals surface area contributed by atoms with Gasteiger partial charge in [-0.25, -0.2) is 0 Å². The molecule has 2 aromatic heterocycles. The van der Waals surface area contributed by atoms with Crippen LogP contribution in [0.3, 0.4) is 0 Å². The molecule has 13 aromatic carbocycles. The Bertz CT molecular complexity index is 5410. The van der Waals surface area contributed by atoms with Gasteiger partial charge in [-0.05, 0) is 181 Å². The van der Waals surface area contributed by atoms with Gasteiger partial charge in [-0.15, -0.1) is 0 Å². The lowest BCUT2D eigenvalue weighted by molar-refractivity contribution is 0.590. The van der Waals surface area contributed by atoms with Gasteiger partial charge in [-0.3, -0.25) is 0 Å². The summed E-state index contributed by atoms with van der Waals surface area (Å²) in [5.41, 5.74) is 29.5. The molecule has 0 N–H and O–H groups in total. The van der Waals surface area contributed by atoms with Crippen molar-refractivity contribution < 1.29 is 0 Å². The van der Waals surface area contributed by atoms with Gasteiger partial charge >= 0.3 is 0 Å². The zero-order valence-corrected chi connectivity index (χ0v) is 57.3. The highest BCUT2D eigenvalue weighted by Crippen LogP contribution is 2.56. The molecule has 0 saturated heterocycles. The van der Waals surface area contributed by atoms with Crippen LogP contribution in [0.1, 0.15) is 90.1 Å². The van der Waals surface area contributed by atoms with Gasteiger partial charge in [-0.1, -0.05) is 232 Å². The molecule has 0 atom stereocenters. The molecule has 0 saturated carbocycles. The summed E-state index contributed by atoms with van der Waals surface area (Å²) in [6, 6.07) is 108. The van der Waals surface area contributed by atoms with E-state index in [1.165, 1.54) is 33.1 Å². The first kappa shape index (κ1) is 60.7. The Balaban J connectivity index is 1.07. The predicted octanol–water partition coefficient (Wildman–Crippen LogP) is 22.3. The van der Waals surface area contributed by atoms with Crippen LogP contribution >= 0.6 is 0 Å². The molecule has 2 aliphatic heterocycles. The fraction of sp³-hybridized carbons (Fsp3) is 0.130. The molecule has 0 amide bonds. The SMILES string of the molecule is CC(C)(C)c1cc(-c2ccccc2)c(N2c3cc(-n4c5ccccc5c5cc(C#N)ccc54)ccc3B3c4ccc(-n5c6ccccc6c6cc(C#N)ccc65)cc4N(c4c(-c5ccccc5)cc(C(C)(C)C)cc4-c4ccccc4)c4cc(C(C)(C)C)cc2c43)c(-c2ccccc2)c1. The predicted molar refractivity (Wildman–Crippen MR) is 416 cm³/mol. The van der Waals surface area contributed by atoms with Gasteiger partial charge < -0.3 is 18.9 Å². The van der Waals surface area contributed by atoms with Crippen molar-refractivity contribution in [3.63, 3.8) is 0 Å². The summed E-state index contributed by atoms with van der Waals surface area (Å²) >= 11 is 0. The van der Waals surface area contributed by atoms with Crippen molar-refractivity contribution in [2.75, 3.05) is 9.80 Å². The molecule has 4 heterocycles. The number of para-hydroxylation sites is 2. The van der Waals surface area contributed by atoms with Gasteiger partial charge in [0.2, 0.25) is 0 Å². The lowest BCUT2D eigenvalue weighted by Crippen LogP contribution is -2.61. The van der Waals surface area contributed by atoms with Crippen molar-refractivity contribution in [1.29, 1.82) is 10.5 Å². The van der Waals surface area contributed by atoms with E-state index in [0.717, 1.165) is 134 Å². The van der Waals surface area contributed by atoms with E-state index >= 15 is 0 Å². The summed E-state index contributed by atoms with van der Waals surface area (Å²) in [7, 11) is 0. The van der Waals surface area contributed by atoms with Crippen molar-refractivity contribution in [3.8, 4) is 68.0 Å². The van der Waals surface area contributed by atoms with Crippen LogP contribution < -0.4 is 26.2 Å². The van der Waals surface area contributed by atoms with E-state index in [9.17, 15) is 10.5 Å². The third kappa shape index (κ3) is 9.89. The van der Waals surface area contributed by atoms with Crippen molar-refractivity contribution in [1.82, 2.24) is 9.13 Å². The van der Waals surface area contributed by atoms with Gasteiger partial charge in [0.05, 0.1) is 56.7 Å². The van der Waals surface area contributed by atoms with Crippen LogP contribution in [0.2, 0.25) is 0 Å². The van der Waals surface area contributed by atoms with E-state index in [2.05, 4.69) is 348 Å². The Hall–Kier alpha value is -11.9. The average Bonchev–Trinajstić information content (AvgIpc) is 1.17. The van der Waals surface area contributed by atoms with E-state index in [1.807, 2.05) is 24.3 Å². The Morgan fingerprint density at radius 2 is 0.606 bits per heavy atom. The minimum absolute atomic E-state index is 0.214. The number of aromatic nitrogens is 2. The third-order valence-corrected chi connectivity index (χ3v) is 20.8. The highest BCUT2D eigenvalue weighted by Gasteiger charge is 2.47. The van der Waals surface area contributed by atoms with Crippen LogP contribution in [0.4, 0.5) is 34.1 Å². The van der Waals surface area contributed by atoms with Gasteiger partial charge in [0.1, 0.15) is 0 Å². The number of anilines is 6. The molecule has 0 spiro atoms. The molecule has 2 aliphatic rings. The second-order valence-electron chi connectivity index (χ2n) is 30.0. The van der Waals surface area contributed by atoms with Crippen LogP contribution in [-0.4, -0.2) is 15.8 Å². The molecule has 17 rings (SSSR count). The summed E-state index contributed by atoms with van der Waals surface area (Å²) in [6.45, 7) is 20.8. The van der Waals surface area contributed by atoms with Crippen LogP contribution in [0.5, 0.6) is 0 Å². The number of hydrogen-bond donors (Lipinski definition) is 0. The van der Waals surface area contributed by atoms with Crippen molar-refractivity contribution in [2.24, 2.45) is 0 Å². The largest absolute Gasteiger partial charge is 0.310 e. The number of fused-ring (bicyclic) bond motifs is 10. The Kier molecular flexibility index (Phi) is 14.0.